The molecule has 0 fully saturated rings. The first-order valence-corrected chi connectivity index (χ1v) is 10.2. The first kappa shape index (κ1) is 20.1. The average Bonchev–Trinajstić information content (AvgIpc) is 3.00. The number of rotatable bonds is 7. The van der Waals surface area contributed by atoms with E-state index in [4.69, 9.17) is 4.74 Å². The highest BCUT2D eigenvalue weighted by atomic mass is 32.2. The van der Waals surface area contributed by atoms with Crippen LogP contribution in [0.15, 0.2) is 18.5 Å². The van der Waals surface area contributed by atoms with Gasteiger partial charge in [-0.15, -0.1) is 0 Å². The molecule has 2 aromatic heterocycles. The molecule has 0 spiro atoms. The van der Waals surface area contributed by atoms with Gasteiger partial charge in [-0.1, -0.05) is 25.2 Å². The van der Waals surface area contributed by atoms with Crippen molar-refractivity contribution >= 4 is 28.1 Å². The van der Waals surface area contributed by atoms with E-state index in [1.165, 1.54) is 23.6 Å². The highest BCUT2D eigenvalue weighted by Gasteiger charge is 2.39. The second-order valence-electron chi connectivity index (χ2n) is 6.35. The Morgan fingerprint density at radius 2 is 2.04 bits per heavy atom. The SMILES string of the molecule is COC(C)(C(C)C(C)SC)N(C)c1sc(-c2cncc(F)c2)nc1C. The van der Waals surface area contributed by atoms with Crippen LogP contribution in [0, 0.1) is 18.7 Å². The molecule has 0 bridgehead atoms. The largest absolute Gasteiger partial charge is 0.359 e. The Kier molecular flexibility index (Phi) is 6.45. The molecular weight excluding hydrogens is 357 g/mol. The Labute approximate surface area is 157 Å². The second-order valence-corrected chi connectivity index (χ2v) is 8.54. The van der Waals surface area contributed by atoms with Crippen molar-refractivity contribution in [2.75, 3.05) is 25.3 Å². The number of aromatic nitrogens is 2. The summed E-state index contributed by atoms with van der Waals surface area (Å²) in [4.78, 5) is 10.7. The van der Waals surface area contributed by atoms with E-state index < -0.39 is 5.72 Å². The van der Waals surface area contributed by atoms with Crippen molar-refractivity contribution in [3.8, 4) is 10.6 Å². The normalized spacial score (nSPS) is 16.3. The van der Waals surface area contributed by atoms with E-state index in [-0.39, 0.29) is 5.82 Å². The van der Waals surface area contributed by atoms with Crippen LogP contribution < -0.4 is 4.90 Å². The molecule has 0 aliphatic heterocycles. The lowest BCUT2D eigenvalue weighted by Crippen LogP contribution is -2.53. The van der Waals surface area contributed by atoms with Gasteiger partial charge in [0.2, 0.25) is 0 Å². The molecule has 4 nitrogen and oxygen atoms in total. The van der Waals surface area contributed by atoms with Crippen molar-refractivity contribution in [2.24, 2.45) is 5.92 Å². The van der Waals surface area contributed by atoms with Crippen LogP contribution in [-0.2, 0) is 4.74 Å². The predicted octanol–water partition coefficient (Wildman–Crippen LogP) is 4.84. The fourth-order valence-electron chi connectivity index (χ4n) is 2.82. The van der Waals surface area contributed by atoms with Crippen LogP contribution in [0.1, 0.15) is 26.5 Å². The Morgan fingerprint density at radius 3 is 2.60 bits per heavy atom. The van der Waals surface area contributed by atoms with Crippen molar-refractivity contribution in [3.63, 3.8) is 0 Å². The molecule has 0 aromatic carbocycles. The molecule has 7 heteroatoms. The maximum atomic E-state index is 13.5. The number of nitrogens with zero attached hydrogens (tertiary/aromatic N) is 3. The molecule has 0 aliphatic rings. The fraction of sp³-hybridized carbons (Fsp3) is 0.556. The van der Waals surface area contributed by atoms with Gasteiger partial charge in [0.1, 0.15) is 21.6 Å². The van der Waals surface area contributed by atoms with Crippen molar-refractivity contribution in [1.82, 2.24) is 9.97 Å². The number of thiazole rings is 1. The standard InChI is InChI=1S/C18H26FN3OS2/c1-11(13(3)24-7)18(4,23-6)22(5)17-12(2)21-16(25-17)14-8-15(19)10-20-9-14/h8-11,13H,1-7H3. The molecule has 0 saturated heterocycles. The summed E-state index contributed by atoms with van der Waals surface area (Å²) in [5, 5.41) is 2.21. The number of hydrogen-bond donors (Lipinski definition) is 0. The summed E-state index contributed by atoms with van der Waals surface area (Å²) in [6, 6.07) is 1.46. The van der Waals surface area contributed by atoms with Crippen molar-refractivity contribution in [3.05, 3.63) is 30.0 Å². The van der Waals surface area contributed by atoms with Crippen LogP contribution in [0.3, 0.4) is 0 Å². The van der Waals surface area contributed by atoms with Crippen LogP contribution in [0.25, 0.3) is 10.6 Å². The second kappa shape index (κ2) is 8.01. The zero-order valence-corrected chi connectivity index (χ0v) is 17.5. The molecule has 2 heterocycles. The summed E-state index contributed by atoms with van der Waals surface area (Å²) in [6.07, 6.45) is 4.95. The summed E-state index contributed by atoms with van der Waals surface area (Å²) in [5.74, 6) is -0.0670. The van der Waals surface area contributed by atoms with Crippen LogP contribution >= 0.6 is 23.1 Å². The van der Waals surface area contributed by atoms with Gasteiger partial charge in [-0.05, 0) is 26.2 Å². The monoisotopic (exact) mass is 383 g/mol. The molecular formula is C18H26FN3OS2. The molecule has 0 radical (unpaired) electrons. The smallest absolute Gasteiger partial charge is 0.142 e. The van der Waals surface area contributed by atoms with E-state index in [2.05, 4.69) is 41.9 Å². The lowest BCUT2D eigenvalue weighted by molar-refractivity contribution is -0.0351. The molecule has 25 heavy (non-hydrogen) atoms. The lowest BCUT2D eigenvalue weighted by Gasteiger charge is -2.44. The zero-order chi connectivity index (χ0) is 18.8. The highest BCUT2D eigenvalue weighted by Crippen LogP contribution is 2.40. The van der Waals surface area contributed by atoms with E-state index in [1.54, 1.807) is 13.3 Å². The molecule has 138 valence electrons. The van der Waals surface area contributed by atoms with E-state index >= 15 is 0 Å². The predicted molar refractivity (Wildman–Crippen MR) is 106 cm³/mol. The molecule has 3 atom stereocenters. The fourth-order valence-corrected chi connectivity index (χ4v) is 4.59. The lowest BCUT2D eigenvalue weighted by atomic mass is 9.94. The topological polar surface area (TPSA) is 38.2 Å². The minimum atomic E-state index is -0.475. The quantitative estimate of drug-likeness (QED) is 0.640. The van der Waals surface area contributed by atoms with Crippen molar-refractivity contribution in [1.29, 1.82) is 0 Å². The molecule has 0 saturated carbocycles. The molecule has 0 N–H and O–H groups in total. The zero-order valence-electron chi connectivity index (χ0n) is 15.8. The minimum Gasteiger partial charge on any atom is -0.359 e. The van der Waals surface area contributed by atoms with Gasteiger partial charge in [-0.25, -0.2) is 9.37 Å². The van der Waals surface area contributed by atoms with E-state index in [9.17, 15) is 4.39 Å². The third-order valence-corrected chi connectivity index (χ3v) is 7.46. The van der Waals surface area contributed by atoms with Gasteiger partial charge in [-0.3, -0.25) is 4.98 Å². The number of ether oxygens (including phenoxy) is 1. The van der Waals surface area contributed by atoms with Gasteiger partial charge in [0, 0.05) is 37.1 Å². The Balaban J connectivity index is 2.40. The summed E-state index contributed by atoms with van der Waals surface area (Å²) in [6.45, 7) is 8.49. The van der Waals surface area contributed by atoms with Gasteiger partial charge >= 0.3 is 0 Å². The van der Waals surface area contributed by atoms with Crippen molar-refractivity contribution < 1.29 is 9.13 Å². The first-order valence-electron chi connectivity index (χ1n) is 8.14. The summed E-state index contributed by atoms with van der Waals surface area (Å²) < 4.78 is 19.4. The summed E-state index contributed by atoms with van der Waals surface area (Å²) >= 11 is 3.36. The number of thioether (sulfide) groups is 1. The number of anilines is 1. The first-order chi connectivity index (χ1) is 11.7. The summed E-state index contributed by atoms with van der Waals surface area (Å²) in [7, 11) is 3.77. The number of aryl methyl sites for hydroxylation is 1. The van der Waals surface area contributed by atoms with Gasteiger partial charge < -0.3 is 9.64 Å². The molecule has 0 amide bonds. The molecule has 0 aliphatic carbocycles. The van der Waals surface area contributed by atoms with E-state index in [1.807, 2.05) is 25.7 Å². The number of pyridine rings is 1. The number of methoxy groups -OCH3 is 1. The molecule has 2 rings (SSSR count). The summed E-state index contributed by atoms with van der Waals surface area (Å²) in [5.41, 5.74) is 1.12. The van der Waals surface area contributed by atoms with E-state index in [0.717, 1.165) is 15.7 Å². The third-order valence-electron chi connectivity index (χ3n) is 5.03. The van der Waals surface area contributed by atoms with Crippen LogP contribution in [-0.4, -0.2) is 41.4 Å². The molecule has 3 unspecified atom stereocenters. The van der Waals surface area contributed by atoms with Gasteiger partial charge in [0.15, 0.2) is 0 Å². The Bertz CT molecular complexity index is 724. The number of halogens is 1. The van der Waals surface area contributed by atoms with Crippen molar-refractivity contribution in [2.45, 2.75) is 38.7 Å². The minimum absolute atomic E-state index is 0.290. The van der Waals surface area contributed by atoms with Crippen LogP contribution in [0.5, 0.6) is 0 Å². The third kappa shape index (κ3) is 3.99. The van der Waals surface area contributed by atoms with Gasteiger partial charge in [0.25, 0.3) is 0 Å². The highest BCUT2D eigenvalue weighted by molar-refractivity contribution is 7.99. The average molecular weight is 384 g/mol. The van der Waals surface area contributed by atoms with E-state index in [0.29, 0.717) is 16.7 Å². The van der Waals surface area contributed by atoms with Gasteiger partial charge in [0.05, 0.1) is 11.9 Å². The molecule has 2 aromatic rings. The maximum absolute atomic E-state index is 13.5. The van der Waals surface area contributed by atoms with Gasteiger partial charge in [-0.2, -0.15) is 11.8 Å². The van der Waals surface area contributed by atoms with Crippen LogP contribution in [0.2, 0.25) is 0 Å². The Hall–Kier alpha value is -1.18. The maximum Gasteiger partial charge on any atom is 0.142 e. The van der Waals surface area contributed by atoms with Crippen LogP contribution in [0.4, 0.5) is 9.39 Å². The Morgan fingerprint density at radius 1 is 1.36 bits per heavy atom. The number of hydrogen-bond acceptors (Lipinski definition) is 6.